The van der Waals surface area contributed by atoms with Crippen LogP contribution in [-0.2, 0) is 0 Å². The van der Waals surface area contributed by atoms with Crippen molar-refractivity contribution in [1.82, 2.24) is 9.55 Å². The molecule has 1 aliphatic carbocycles. The van der Waals surface area contributed by atoms with Gasteiger partial charge in [0.1, 0.15) is 17.6 Å². The molecule has 1 heterocycles. The van der Waals surface area contributed by atoms with Crippen molar-refractivity contribution in [3.63, 3.8) is 0 Å². The number of rotatable bonds is 2. The normalized spacial score (nSPS) is 17.0. The van der Waals surface area contributed by atoms with Gasteiger partial charge < -0.3 is 4.57 Å². The number of imidazole rings is 1. The van der Waals surface area contributed by atoms with Crippen LogP contribution < -0.4 is 0 Å². The first-order valence-electron chi connectivity index (χ1n) is 5.77. The first-order valence-corrected chi connectivity index (χ1v) is 5.77. The standard InChI is InChI=1S/C13H12FN3/c1-8(7-15)13-16-11-5-2-9(14)6-12(11)17(13)10-3-4-10/h2,5-6,8,10H,3-4H2,1H3. The molecule has 3 nitrogen and oxygen atoms in total. The molecule has 0 radical (unpaired) electrons. The first kappa shape index (κ1) is 10.3. The molecule has 86 valence electrons. The number of aromatic nitrogens is 2. The van der Waals surface area contributed by atoms with E-state index in [0.717, 1.165) is 29.7 Å². The van der Waals surface area contributed by atoms with Crippen molar-refractivity contribution >= 4 is 11.0 Å². The molecule has 0 spiro atoms. The fourth-order valence-electron chi connectivity index (χ4n) is 2.16. The molecule has 2 aromatic rings. The Labute approximate surface area is 98.5 Å². The Morgan fingerprint density at radius 2 is 2.29 bits per heavy atom. The number of nitrogens with zero attached hydrogens (tertiary/aromatic N) is 3. The van der Waals surface area contributed by atoms with Crippen molar-refractivity contribution in [2.24, 2.45) is 0 Å². The number of halogens is 1. The Balaban J connectivity index is 2.28. The third-order valence-corrected chi connectivity index (χ3v) is 3.17. The molecule has 1 fully saturated rings. The highest BCUT2D eigenvalue weighted by atomic mass is 19.1. The number of hydrogen-bond donors (Lipinski definition) is 0. The van der Waals surface area contributed by atoms with Crippen molar-refractivity contribution in [1.29, 1.82) is 5.26 Å². The van der Waals surface area contributed by atoms with Crippen LogP contribution in [0.25, 0.3) is 11.0 Å². The third kappa shape index (κ3) is 1.59. The lowest BCUT2D eigenvalue weighted by Gasteiger charge is -2.08. The molecule has 0 bridgehead atoms. The van der Waals surface area contributed by atoms with Crippen LogP contribution in [0.15, 0.2) is 18.2 Å². The second-order valence-electron chi connectivity index (χ2n) is 4.56. The molecule has 3 rings (SSSR count). The van der Waals surface area contributed by atoms with Gasteiger partial charge in [0.05, 0.1) is 17.1 Å². The van der Waals surface area contributed by atoms with Gasteiger partial charge in [-0.05, 0) is 38.0 Å². The van der Waals surface area contributed by atoms with Crippen LogP contribution in [0, 0.1) is 17.1 Å². The average Bonchev–Trinajstić information content (AvgIpc) is 3.09. The van der Waals surface area contributed by atoms with Gasteiger partial charge in [-0.3, -0.25) is 0 Å². The number of hydrogen-bond acceptors (Lipinski definition) is 2. The highest BCUT2D eigenvalue weighted by molar-refractivity contribution is 5.76. The van der Waals surface area contributed by atoms with Crippen LogP contribution in [0.1, 0.15) is 37.5 Å². The Morgan fingerprint density at radius 3 is 2.94 bits per heavy atom. The molecular formula is C13H12FN3. The molecule has 1 aliphatic rings. The van der Waals surface area contributed by atoms with E-state index in [1.165, 1.54) is 12.1 Å². The lowest BCUT2D eigenvalue weighted by Crippen LogP contribution is -2.04. The van der Waals surface area contributed by atoms with Crippen LogP contribution in [0.4, 0.5) is 4.39 Å². The van der Waals surface area contributed by atoms with E-state index in [1.807, 2.05) is 11.5 Å². The van der Waals surface area contributed by atoms with Gasteiger partial charge >= 0.3 is 0 Å². The van der Waals surface area contributed by atoms with Gasteiger partial charge in [0.2, 0.25) is 0 Å². The minimum absolute atomic E-state index is 0.254. The summed E-state index contributed by atoms with van der Waals surface area (Å²) in [7, 11) is 0. The number of benzene rings is 1. The van der Waals surface area contributed by atoms with Crippen molar-refractivity contribution in [3.05, 3.63) is 29.8 Å². The number of fused-ring (bicyclic) bond motifs is 1. The minimum atomic E-state index is -0.258. The van der Waals surface area contributed by atoms with Gasteiger partial charge in [0.25, 0.3) is 0 Å². The first-order chi connectivity index (χ1) is 8.20. The average molecular weight is 229 g/mol. The quantitative estimate of drug-likeness (QED) is 0.793. The summed E-state index contributed by atoms with van der Waals surface area (Å²) in [5.41, 5.74) is 1.58. The summed E-state index contributed by atoms with van der Waals surface area (Å²) in [6.45, 7) is 1.83. The van der Waals surface area contributed by atoms with E-state index in [9.17, 15) is 4.39 Å². The van der Waals surface area contributed by atoms with Gasteiger partial charge in [-0.25, -0.2) is 9.37 Å². The van der Waals surface area contributed by atoms with E-state index in [1.54, 1.807) is 6.07 Å². The van der Waals surface area contributed by atoms with E-state index in [4.69, 9.17) is 5.26 Å². The molecular weight excluding hydrogens is 217 g/mol. The highest BCUT2D eigenvalue weighted by Gasteiger charge is 2.29. The largest absolute Gasteiger partial charge is 0.324 e. The molecule has 1 atom stereocenters. The maximum Gasteiger partial charge on any atom is 0.127 e. The maximum atomic E-state index is 13.3. The molecule has 1 unspecified atom stereocenters. The summed E-state index contributed by atoms with van der Waals surface area (Å²) in [6.07, 6.45) is 2.18. The second-order valence-corrected chi connectivity index (χ2v) is 4.56. The lowest BCUT2D eigenvalue weighted by molar-refractivity contribution is 0.626. The SMILES string of the molecule is CC(C#N)c1nc2ccc(F)cc2n1C1CC1. The van der Waals surface area contributed by atoms with Gasteiger partial charge in [0, 0.05) is 6.04 Å². The Kier molecular flexibility index (Phi) is 2.15. The van der Waals surface area contributed by atoms with Crippen LogP contribution in [0.2, 0.25) is 0 Å². The third-order valence-electron chi connectivity index (χ3n) is 3.17. The molecule has 0 amide bonds. The van der Waals surface area contributed by atoms with Crippen LogP contribution in [0.3, 0.4) is 0 Å². The van der Waals surface area contributed by atoms with Crippen LogP contribution in [-0.4, -0.2) is 9.55 Å². The zero-order valence-corrected chi connectivity index (χ0v) is 9.52. The second kappa shape index (κ2) is 3.56. The fraction of sp³-hybridized carbons (Fsp3) is 0.385. The Bertz CT molecular complexity index is 619. The van der Waals surface area contributed by atoms with Gasteiger partial charge in [0.15, 0.2) is 0 Å². The molecule has 0 aliphatic heterocycles. The Morgan fingerprint density at radius 1 is 1.53 bits per heavy atom. The molecule has 1 saturated carbocycles. The number of nitriles is 1. The summed E-state index contributed by atoms with van der Waals surface area (Å²) in [5.74, 6) is 0.247. The smallest absolute Gasteiger partial charge is 0.127 e. The molecule has 17 heavy (non-hydrogen) atoms. The summed E-state index contributed by atoms with van der Waals surface area (Å²) >= 11 is 0. The Hall–Kier alpha value is -1.89. The summed E-state index contributed by atoms with van der Waals surface area (Å²) in [4.78, 5) is 4.46. The molecule has 0 saturated heterocycles. The molecule has 4 heteroatoms. The predicted molar refractivity (Wildman–Crippen MR) is 62.0 cm³/mol. The summed E-state index contributed by atoms with van der Waals surface area (Å²) in [5, 5.41) is 9.02. The van der Waals surface area contributed by atoms with Crippen molar-refractivity contribution < 1.29 is 4.39 Å². The lowest BCUT2D eigenvalue weighted by atomic mass is 10.2. The van der Waals surface area contributed by atoms with Crippen LogP contribution >= 0.6 is 0 Å². The fourth-order valence-corrected chi connectivity index (χ4v) is 2.16. The predicted octanol–water partition coefficient (Wildman–Crippen LogP) is 3.14. The van der Waals surface area contributed by atoms with Crippen molar-refractivity contribution in [3.8, 4) is 6.07 Å². The zero-order chi connectivity index (χ0) is 12.0. The molecule has 1 aromatic heterocycles. The van der Waals surface area contributed by atoms with E-state index >= 15 is 0 Å². The van der Waals surface area contributed by atoms with Gasteiger partial charge in [-0.2, -0.15) is 5.26 Å². The van der Waals surface area contributed by atoms with E-state index in [2.05, 4.69) is 11.1 Å². The minimum Gasteiger partial charge on any atom is -0.324 e. The summed E-state index contributed by atoms with van der Waals surface area (Å²) < 4.78 is 15.3. The highest BCUT2D eigenvalue weighted by Crippen LogP contribution is 2.40. The molecule has 0 N–H and O–H groups in total. The summed E-state index contributed by atoms with van der Waals surface area (Å²) in [6, 6.07) is 7.19. The maximum absolute atomic E-state index is 13.3. The molecule has 1 aromatic carbocycles. The van der Waals surface area contributed by atoms with E-state index < -0.39 is 0 Å². The van der Waals surface area contributed by atoms with E-state index in [0.29, 0.717) is 6.04 Å². The van der Waals surface area contributed by atoms with Gasteiger partial charge in [-0.1, -0.05) is 0 Å². The van der Waals surface area contributed by atoms with Crippen molar-refractivity contribution in [2.75, 3.05) is 0 Å². The monoisotopic (exact) mass is 229 g/mol. The topological polar surface area (TPSA) is 41.6 Å². The van der Waals surface area contributed by atoms with Crippen molar-refractivity contribution in [2.45, 2.75) is 31.7 Å². The van der Waals surface area contributed by atoms with Gasteiger partial charge in [-0.15, -0.1) is 0 Å². The zero-order valence-electron chi connectivity index (χ0n) is 9.52. The van der Waals surface area contributed by atoms with Crippen LogP contribution in [0.5, 0.6) is 0 Å². The van der Waals surface area contributed by atoms with E-state index in [-0.39, 0.29) is 11.7 Å².